The van der Waals surface area contributed by atoms with E-state index in [4.69, 9.17) is 4.74 Å². The molecule has 0 radical (unpaired) electrons. The van der Waals surface area contributed by atoms with Crippen LogP contribution in [0, 0.1) is 6.92 Å². The number of piperidine rings is 1. The first kappa shape index (κ1) is 27.2. The van der Waals surface area contributed by atoms with Crippen LogP contribution in [0.1, 0.15) is 34.5 Å². The summed E-state index contributed by atoms with van der Waals surface area (Å²) in [6.45, 7) is 5.40. The van der Waals surface area contributed by atoms with Gasteiger partial charge in [0.1, 0.15) is 6.61 Å². The van der Waals surface area contributed by atoms with Gasteiger partial charge in [-0.2, -0.15) is 18.3 Å². The second-order valence-corrected chi connectivity index (χ2v) is 10.4. The second-order valence-electron chi connectivity index (χ2n) is 10.4. The molecule has 2 aromatic heterocycles. The van der Waals surface area contributed by atoms with E-state index < -0.39 is 11.7 Å². The number of halogens is 3. The summed E-state index contributed by atoms with van der Waals surface area (Å²) >= 11 is 0. The maximum Gasteiger partial charge on any atom is 0.416 e. The van der Waals surface area contributed by atoms with Gasteiger partial charge in [-0.15, -0.1) is 0 Å². The van der Waals surface area contributed by atoms with E-state index in [9.17, 15) is 23.1 Å². The smallest absolute Gasteiger partial charge is 0.416 e. The summed E-state index contributed by atoms with van der Waals surface area (Å²) in [6, 6.07) is 8.88. The quantitative estimate of drug-likeness (QED) is 0.385. The number of aliphatic hydroxyl groups excluding tert-OH is 1. The zero-order valence-corrected chi connectivity index (χ0v) is 22.4. The van der Waals surface area contributed by atoms with Crippen LogP contribution >= 0.6 is 0 Å². The minimum Gasteiger partial charge on any atom is -0.488 e. The summed E-state index contributed by atoms with van der Waals surface area (Å²) in [5, 5.41) is 14.5. The molecule has 1 fully saturated rings. The number of hydrogen-bond donors (Lipinski definition) is 1. The molecule has 0 aliphatic carbocycles. The van der Waals surface area contributed by atoms with Crippen molar-refractivity contribution in [3.8, 4) is 17.1 Å². The van der Waals surface area contributed by atoms with Gasteiger partial charge in [-0.1, -0.05) is 0 Å². The largest absolute Gasteiger partial charge is 0.488 e. The molecule has 2 aliphatic heterocycles. The number of alkyl halides is 3. The van der Waals surface area contributed by atoms with Gasteiger partial charge in [0.05, 0.1) is 36.5 Å². The zero-order valence-electron chi connectivity index (χ0n) is 22.4. The van der Waals surface area contributed by atoms with E-state index in [1.165, 1.54) is 12.3 Å². The van der Waals surface area contributed by atoms with E-state index in [2.05, 4.69) is 20.0 Å². The highest BCUT2D eigenvalue weighted by atomic mass is 19.4. The maximum absolute atomic E-state index is 13.8. The molecular formula is C29H29F3N6O3. The molecule has 214 valence electrons. The lowest BCUT2D eigenvalue weighted by molar-refractivity contribution is -0.137. The molecule has 6 rings (SSSR count). The fraction of sp³-hybridized carbons (Fsp3) is 0.379. The molecule has 9 nitrogen and oxygen atoms in total. The molecule has 2 aliphatic rings. The lowest BCUT2D eigenvalue weighted by atomic mass is 10.1. The van der Waals surface area contributed by atoms with Gasteiger partial charge in [0.25, 0.3) is 5.91 Å². The van der Waals surface area contributed by atoms with Crippen molar-refractivity contribution in [3.63, 3.8) is 0 Å². The van der Waals surface area contributed by atoms with Crippen molar-refractivity contribution in [1.82, 2.24) is 24.6 Å². The average Bonchev–Trinajstić information content (AvgIpc) is 3.29. The van der Waals surface area contributed by atoms with Crippen molar-refractivity contribution < 1.29 is 27.8 Å². The molecule has 0 saturated carbocycles. The predicted molar refractivity (Wildman–Crippen MR) is 146 cm³/mol. The highest BCUT2D eigenvalue weighted by Gasteiger charge is 2.32. The first-order chi connectivity index (χ1) is 19.7. The summed E-state index contributed by atoms with van der Waals surface area (Å²) in [7, 11) is 0. The van der Waals surface area contributed by atoms with Gasteiger partial charge in [0, 0.05) is 42.5 Å². The van der Waals surface area contributed by atoms with Crippen LogP contribution in [-0.4, -0.2) is 74.6 Å². The average molecular weight is 567 g/mol. The third kappa shape index (κ3) is 5.49. The van der Waals surface area contributed by atoms with Gasteiger partial charge in [0.15, 0.2) is 17.3 Å². The first-order valence-electron chi connectivity index (χ1n) is 13.5. The Morgan fingerprint density at radius 1 is 1.05 bits per heavy atom. The van der Waals surface area contributed by atoms with Gasteiger partial charge in [-0.25, -0.2) is 9.97 Å². The normalized spacial score (nSPS) is 17.0. The number of amides is 1. The number of aryl methyl sites for hydroxylation is 1. The fourth-order valence-electron chi connectivity index (χ4n) is 5.39. The van der Waals surface area contributed by atoms with Gasteiger partial charge >= 0.3 is 6.18 Å². The van der Waals surface area contributed by atoms with Gasteiger partial charge < -0.3 is 19.6 Å². The van der Waals surface area contributed by atoms with E-state index >= 15 is 0 Å². The molecule has 0 bridgehead atoms. The molecule has 1 saturated heterocycles. The summed E-state index contributed by atoms with van der Waals surface area (Å²) in [5.41, 5.74) is 2.27. The number of fused-ring (bicyclic) bond motifs is 2. The number of ether oxygens (including phenoxy) is 1. The Labute approximate surface area is 234 Å². The van der Waals surface area contributed by atoms with Crippen molar-refractivity contribution in [2.24, 2.45) is 0 Å². The lowest BCUT2D eigenvalue weighted by Crippen LogP contribution is -2.38. The number of benzene rings is 2. The minimum atomic E-state index is -4.44. The number of carbonyl (C=O) groups excluding carboxylic acids is 1. The number of aromatic nitrogens is 4. The number of hydrogen-bond acceptors (Lipinski definition) is 7. The molecule has 12 heteroatoms. The molecule has 0 spiro atoms. The van der Waals surface area contributed by atoms with E-state index in [-0.39, 0.29) is 12.0 Å². The fourth-order valence-corrected chi connectivity index (χ4v) is 5.39. The molecule has 0 atom stereocenters. The number of likely N-dealkylation sites (tertiary alicyclic amines) is 1. The van der Waals surface area contributed by atoms with Crippen LogP contribution < -0.4 is 9.64 Å². The Morgan fingerprint density at radius 3 is 2.61 bits per heavy atom. The Kier molecular flexibility index (Phi) is 7.12. The molecular weight excluding hydrogens is 537 g/mol. The molecule has 0 unspecified atom stereocenters. The minimum absolute atomic E-state index is 0.206. The maximum atomic E-state index is 13.8. The third-order valence-electron chi connectivity index (χ3n) is 7.66. The van der Waals surface area contributed by atoms with Gasteiger partial charge in [0.2, 0.25) is 0 Å². The molecule has 41 heavy (non-hydrogen) atoms. The van der Waals surface area contributed by atoms with E-state index in [0.29, 0.717) is 65.7 Å². The van der Waals surface area contributed by atoms with Crippen LogP contribution in [-0.2, 0) is 12.7 Å². The lowest BCUT2D eigenvalue weighted by Gasteiger charge is -2.29. The first-order valence-corrected chi connectivity index (χ1v) is 13.5. The van der Waals surface area contributed by atoms with Crippen molar-refractivity contribution in [3.05, 3.63) is 65.6 Å². The highest BCUT2D eigenvalue weighted by Crippen LogP contribution is 2.33. The summed E-state index contributed by atoms with van der Waals surface area (Å²) in [5.74, 6) is 0.629. The van der Waals surface area contributed by atoms with Crippen molar-refractivity contribution >= 4 is 22.5 Å². The predicted octanol–water partition coefficient (Wildman–Crippen LogP) is 4.32. The number of rotatable bonds is 5. The van der Waals surface area contributed by atoms with Crippen LogP contribution in [0.4, 0.5) is 18.9 Å². The van der Waals surface area contributed by atoms with Crippen molar-refractivity contribution in [2.75, 3.05) is 37.7 Å². The SMILES string of the molecule is Cc1cc(-c2ncc3cc(C(F)(F)F)ccc3n2)ccc1N1CCOc2cnn(CCN3CCC(O)CC3)c2C1=O. The zero-order chi connectivity index (χ0) is 28.7. The van der Waals surface area contributed by atoms with Crippen LogP contribution in [0.25, 0.3) is 22.3 Å². The van der Waals surface area contributed by atoms with Crippen molar-refractivity contribution in [1.29, 1.82) is 0 Å². The third-order valence-corrected chi connectivity index (χ3v) is 7.66. The Bertz CT molecular complexity index is 1600. The standard InChI is InChI=1S/C29H29F3N6O3/c1-18-14-19(27-33-16-20-15-21(29(30,31)32)3-4-23(20)35-27)2-5-24(18)37-12-13-41-25-17-34-38(26(25)28(37)40)11-10-36-8-6-22(39)7-9-36/h2-5,14-17,22,39H,6-13H2,1H3. The van der Waals surface area contributed by atoms with E-state index in [0.717, 1.165) is 43.6 Å². The number of nitrogens with zero attached hydrogens (tertiary/aromatic N) is 6. The van der Waals surface area contributed by atoms with Gasteiger partial charge in [-0.05, 0) is 61.7 Å². The number of carbonyl (C=O) groups is 1. The molecule has 1 amide bonds. The monoisotopic (exact) mass is 566 g/mol. The Balaban J connectivity index is 1.23. The highest BCUT2D eigenvalue weighted by molar-refractivity contribution is 6.07. The van der Waals surface area contributed by atoms with Crippen LogP contribution in [0.2, 0.25) is 0 Å². The number of aliphatic hydroxyl groups is 1. The van der Waals surface area contributed by atoms with Gasteiger partial charge in [-0.3, -0.25) is 9.48 Å². The topological polar surface area (TPSA) is 96.6 Å². The molecule has 1 N–H and O–H groups in total. The Morgan fingerprint density at radius 2 is 1.85 bits per heavy atom. The second kappa shape index (κ2) is 10.7. The van der Waals surface area contributed by atoms with E-state index in [1.54, 1.807) is 21.8 Å². The van der Waals surface area contributed by atoms with Crippen LogP contribution in [0.3, 0.4) is 0 Å². The summed E-state index contributed by atoms with van der Waals surface area (Å²) in [4.78, 5) is 26.5. The molecule has 4 aromatic rings. The number of anilines is 1. The molecule has 2 aromatic carbocycles. The van der Waals surface area contributed by atoms with E-state index in [1.807, 2.05) is 19.1 Å². The van der Waals surface area contributed by atoms with Crippen LogP contribution in [0.15, 0.2) is 48.8 Å². The summed E-state index contributed by atoms with van der Waals surface area (Å²) in [6.07, 6.45) is -0.227. The molecule has 4 heterocycles. The van der Waals surface area contributed by atoms with Crippen LogP contribution in [0.5, 0.6) is 5.75 Å². The van der Waals surface area contributed by atoms with Crippen molar-refractivity contribution in [2.45, 2.75) is 38.6 Å². The Hall–Kier alpha value is -4.03. The summed E-state index contributed by atoms with van der Waals surface area (Å²) < 4.78 is 46.8.